The Kier molecular flexibility index (Phi) is 4.42. The number of hydrogen-bond donors (Lipinski definition) is 1. The first kappa shape index (κ1) is 13.1. The van der Waals surface area contributed by atoms with Gasteiger partial charge in [-0.25, -0.2) is 0 Å². The van der Waals surface area contributed by atoms with Crippen LogP contribution in [0.15, 0.2) is 12.1 Å². The molecule has 0 saturated carbocycles. The topological polar surface area (TPSA) is 43.4 Å². The molecule has 4 heteroatoms. The number of pyridine rings is 1. The third-order valence-corrected chi connectivity index (χ3v) is 3.50. The van der Waals surface area contributed by atoms with Crippen molar-refractivity contribution in [1.82, 2.24) is 10.3 Å². The summed E-state index contributed by atoms with van der Waals surface area (Å²) in [5.74, 6) is 1.88. The zero-order valence-electron chi connectivity index (χ0n) is 11.4. The normalized spacial score (nSPS) is 18.2. The fourth-order valence-electron chi connectivity index (χ4n) is 1.86. The van der Waals surface area contributed by atoms with E-state index in [1.165, 1.54) is 0 Å². The highest BCUT2D eigenvalue weighted by Gasteiger charge is 2.15. The molecule has 2 heterocycles. The van der Waals surface area contributed by atoms with E-state index in [-0.39, 0.29) is 6.10 Å². The van der Waals surface area contributed by atoms with E-state index in [1.807, 2.05) is 12.1 Å². The third kappa shape index (κ3) is 3.13. The highest BCUT2D eigenvalue weighted by Crippen LogP contribution is 2.23. The Bertz CT molecular complexity index is 395. The quantitative estimate of drug-likeness (QED) is 0.891. The molecule has 4 nitrogen and oxygen atoms in total. The van der Waals surface area contributed by atoms with Crippen LogP contribution in [-0.2, 0) is 6.54 Å². The summed E-state index contributed by atoms with van der Waals surface area (Å²) < 4.78 is 11.5. The molecule has 1 N–H and O–H groups in total. The van der Waals surface area contributed by atoms with Crippen molar-refractivity contribution in [2.24, 2.45) is 5.92 Å². The molecule has 0 bridgehead atoms. The molecule has 0 aromatic carbocycles. The maximum atomic E-state index is 5.86. The first-order valence-electron chi connectivity index (χ1n) is 6.70. The van der Waals surface area contributed by atoms with Gasteiger partial charge >= 0.3 is 0 Å². The molecule has 0 saturated heterocycles. The molecule has 2 unspecified atom stereocenters. The first-order valence-corrected chi connectivity index (χ1v) is 6.70. The van der Waals surface area contributed by atoms with Crippen molar-refractivity contribution in [3.63, 3.8) is 0 Å². The van der Waals surface area contributed by atoms with Gasteiger partial charge in [-0.15, -0.1) is 0 Å². The Morgan fingerprint density at radius 1 is 1.44 bits per heavy atom. The van der Waals surface area contributed by atoms with Gasteiger partial charge in [0.1, 0.15) is 12.7 Å². The SMILES string of the molecule is CCC(C)C(C)Oc1ccc2c(n1)OCCNC2. The minimum Gasteiger partial charge on any atom is -0.476 e. The Balaban J connectivity index is 2.08. The van der Waals surface area contributed by atoms with Crippen LogP contribution in [0.1, 0.15) is 32.8 Å². The van der Waals surface area contributed by atoms with Gasteiger partial charge in [0.15, 0.2) is 0 Å². The number of hydrogen-bond acceptors (Lipinski definition) is 4. The van der Waals surface area contributed by atoms with Crippen LogP contribution in [-0.4, -0.2) is 24.2 Å². The van der Waals surface area contributed by atoms with E-state index >= 15 is 0 Å². The zero-order valence-corrected chi connectivity index (χ0v) is 11.4. The lowest BCUT2D eigenvalue weighted by Gasteiger charge is -2.20. The molecular weight excluding hydrogens is 228 g/mol. The van der Waals surface area contributed by atoms with Crippen LogP contribution in [0, 0.1) is 5.92 Å². The van der Waals surface area contributed by atoms with Gasteiger partial charge in [-0.2, -0.15) is 4.98 Å². The maximum Gasteiger partial charge on any atom is 0.221 e. The molecule has 1 aromatic heterocycles. The Hall–Kier alpha value is -1.29. The van der Waals surface area contributed by atoms with Gasteiger partial charge < -0.3 is 14.8 Å². The average Bonchev–Trinajstić information content (AvgIpc) is 2.62. The van der Waals surface area contributed by atoms with Gasteiger partial charge in [0.2, 0.25) is 11.8 Å². The van der Waals surface area contributed by atoms with Crippen molar-refractivity contribution in [1.29, 1.82) is 0 Å². The largest absolute Gasteiger partial charge is 0.476 e. The second-order valence-electron chi connectivity index (χ2n) is 4.85. The van der Waals surface area contributed by atoms with Crippen LogP contribution in [0.4, 0.5) is 0 Å². The van der Waals surface area contributed by atoms with Crippen molar-refractivity contribution >= 4 is 0 Å². The number of nitrogens with one attached hydrogen (secondary N) is 1. The lowest BCUT2D eigenvalue weighted by atomic mass is 10.0. The number of rotatable bonds is 4. The predicted molar refractivity (Wildman–Crippen MR) is 71.0 cm³/mol. The van der Waals surface area contributed by atoms with Gasteiger partial charge in [-0.3, -0.25) is 0 Å². The molecule has 100 valence electrons. The number of ether oxygens (including phenoxy) is 2. The fraction of sp³-hybridized carbons (Fsp3) is 0.643. The van der Waals surface area contributed by atoms with Gasteiger partial charge in [0, 0.05) is 24.7 Å². The summed E-state index contributed by atoms with van der Waals surface area (Å²) >= 11 is 0. The zero-order chi connectivity index (χ0) is 13.0. The van der Waals surface area contributed by atoms with Crippen LogP contribution in [0.5, 0.6) is 11.8 Å². The lowest BCUT2D eigenvalue weighted by molar-refractivity contribution is 0.150. The van der Waals surface area contributed by atoms with Crippen molar-refractivity contribution in [3.8, 4) is 11.8 Å². The van der Waals surface area contributed by atoms with E-state index in [9.17, 15) is 0 Å². The summed E-state index contributed by atoms with van der Waals surface area (Å²) in [5.41, 5.74) is 1.09. The molecule has 1 aliphatic rings. The van der Waals surface area contributed by atoms with E-state index in [2.05, 4.69) is 31.1 Å². The molecule has 0 radical (unpaired) electrons. The van der Waals surface area contributed by atoms with Crippen LogP contribution >= 0.6 is 0 Å². The van der Waals surface area contributed by atoms with E-state index in [0.29, 0.717) is 24.3 Å². The molecule has 0 fully saturated rings. The molecule has 0 spiro atoms. The summed E-state index contributed by atoms with van der Waals surface area (Å²) in [7, 11) is 0. The van der Waals surface area contributed by atoms with Gasteiger partial charge in [-0.1, -0.05) is 20.3 Å². The van der Waals surface area contributed by atoms with Crippen LogP contribution in [0.3, 0.4) is 0 Å². The molecule has 2 rings (SSSR count). The molecule has 18 heavy (non-hydrogen) atoms. The lowest BCUT2D eigenvalue weighted by Crippen LogP contribution is -2.21. The molecular formula is C14H22N2O2. The van der Waals surface area contributed by atoms with Crippen LogP contribution in [0.25, 0.3) is 0 Å². The van der Waals surface area contributed by atoms with Crippen LogP contribution in [0.2, 0.25) is 0 Å². The first-order chi connectivity index (χ1) is 8.70. The second-order valence-corrected chi connectivity index (χ2v) is 4.85. The summed E-state index contributed by atoms with van der Waals surface area (Å²) in [6.07, 6.45) is 1.27. The van der Waals surface area contributed by atoms with E-state index < -0.39 is 0 Å². The maximum absolute atomic E-state index is 5.86. The fourth-order valence-corrected chi connectivity index (χ4v) is 1.86. The molecule has 2 atom stereocenters. The minimum atomic E-state index is 0.171. The van der Waals surface area contributed by atoms with E-state index in [4.69, 9.17) is 9.47 Å². The smallest absolute Gasteiger partial charge is 0.221 e. The van der Waals surface area contributed by atoms with Gasteiger partial charge in [0.05, 0.1) is 0 Å². The van der Waals surface area contributed by atoms with Gasteiger partial charge in [-0.05, 0) is 18.9 Å². The number of fused-ring (bicyclic) bond motifs is 1. The van der Waals surface area contributed by atoms with Crippen molar-refractivity contribution in [2.45, 2.75) is 39.8 Å². The molecule has 1 aliphatic heterocycles. The monoisotopic (exact) mass is 250 g/mol. The van der Waals surface area contributed by atoms with Crippen molar-refractivity contribution < 1.29 is 9.47 Å². The highest BCUT2D eigenvalue weighted by molar-refractivity contribution is 5.31. The highest BCUT2D eigenvalue weighted by atomic mass is 16.5. The minimum absolute atomic E-state index is 0.171. The Morgan fingerprint density at radius 3 is 3.06 bits per heavy atom. The summed E-state index contributed by atoms with van der Waals surface area (Å²) in [5, 5.41) is 3.29. The third-order valence-electron chi connectivity index (χ3n) is 3.50. The number of nitrogens with zero attached hydrogens (tertiary/aromatic N) is 1. The predicted octanol–water partition coefficient (Wildman–Crippen LogP) is 2.38. The average molecular weight is 250 g/mol. The summed E-state index contributed by atoms with van der Waals surface area (Å²) in [6, 6.07) is 3.95. The second kappa shape index (κ2) is 6.05. The standard InChI is InChI=1S/C14H22N2O2/c1-4-10(2)11(3)18-13-6-5-12-9-15-7-8-17-14(12)16-13/h5-6,10-11,15H,4,7-9H2,1-3H3. The van der Waals surface area contributed by atoms with E-state index in [0.717, 1.165) is 25.1 Å². The van der Waals surface area contributed by atoms with Gasteiger partial charge in [0.25, 0.3) is 0 Å². The number of aromatic nitrogens is 1. The van der Waals surface area contributed by atoms with Crippen LogP contribution < -0.4 is 14.8 Å². The Labute approximate surface area is 109 Å². The Morgan fingerprint density at radius 2 is 2.28 bits per heavy atom. The summed E-state index contributed by atoms with van der Waals surface area (Å²) in [4.78, 5) is 4.45. The molecule has 0 aliphatic carbocycles. The van der Waals surface area contributed by atoms with Crippen molar-refractivity contribution in [2.75, 3.05) is 13.2 Å². The summed E-state index contributed by atoms with van der Waals surface area (Å²) in [6.45, 7) is 8.77. The van der Waals surface area contributed by atoms with E-state index in [1.54, 1.807) is 0 Å². The van der Waals surface area contributed by atoms with Crippen molar-refractivity contribution in [3.05, 3.63) is 17.7 Å². The molecule has 0 amide bonds. The molecule has 1 aromatic rings.